The minimum absolute atomic E-state index is 0.117. The lowest BCUT2D eigenvalue weighted by Crippen LogP contribution is -2.07. The van der Waals surface area contributed by atoms with Crippen LogP contribution in [0.25, 0.3) is 0 Å². The Hall–Kier alpha value is -2.70. The topological polar surface area (TPSA) is 71.5 Å². The number of aromatic carboxylic acids is 1. The van der Waals surface area contributed by atoms with Crippen molar-refractivity contribution >= 4 is 11.7 Å². The average Bonchev–Trinajstić information content (AvgIpc) is 2.48. The third-order valence-electron chi connectivity index (χ3n) is 2.80. The van der Waals surface area contributed by atoms with Gasteiger partial charge in [0.15, 0.2) is 11.6 Å². The molecule has 2 rings (SSSR count). The van der Waals surface area contributed by atoms with Gasteiger partial charge in [-0.15, -0.1) is 0 Å². The van der Waals surface area contributed by atoms with Gasteiger partial charge in [0, 0.05) is 18.8 Å². The van der Waals surface area contributed by atoms with E-state index in [4.69, 9.17) is 9.84 Å². The van der Waals surface area contributed by atoms with Crippen LogP contribution in [0.5, 0.6) is 5.88 Å². The van der Waals surface area contributed by atoms with Crippen LogP contribution in [0.3, 0.4) is 0 Å². The Morgan fingerprint density at radius 3 is 2.76 bits per heavy atom. The highest BCUT2D eigenvalue weighted by atomic mass is 19.2. The van der Waals surface area contributed by atoms with E-state index in [-0.39, 0.29) is 12.2 Å². The smallest absolute Gasteiger partial charge is 0.338 e. The molecule has 2 N–H and O–H groups in total. The Kier molecular flexibility index (Phi) is 4.32. The Morgan fingerprint density at radius 1 is 1.33 bits per heavy atom. The summed E-state index contributed by atoms with van der Waals surface area (Å²) in [7, 11) is 1.47. The van der Waals surface area contributed by atoms with E-state index < -0.39 is 23.2 Å². The molecule has 1 heterocycles. The van der Waals surface area contributed by atoms with E-state index in [1.807, 2.05) is 0 Å². The summed E-state index contributed by atoms with van der Waals surface area (Å²) in [4.78, 5) is 14.6. The highest BCUT2D eigenvalue weighted by Gasteiger charge is 2.17. The largest absolute Gasteiger partial charge is 0.481 e. The van der Waals surface area contributed by atoms with E-state index in [0.29, 0.717) is 5.88 Å². The second-order valence-corrected chi connectivity index (χ2v) is 4.15. The minimum Gasteiger partial charge on any atom is -0.481 e. The number of halogens is 2. The number of pyridine rings is 1. The summed E-state index contributed by atoms with van der Waals surface area (Å²) in [5, 5.41) is 11.4. The molecule has 110 valence electrons. The van der Waals surface area contributed by atoms with Crippen LogP contribution in [0.1, 0.15) is 15.9 Å². The van der Waals surface area contributed by atoms with Crippen LogP contribution in [0.2, 0.25) is 0 Å². The average molecular weight is 294 g/mol. The van der Waals surface area contributed by atoms with Gasteiger partial charge in [0.1, 0.15) is 0 Å². The van der Waals surface area contributed by atoms with Crippen molar-refractivity contribution in [1.82, 2.24) is 4.98 Å². The van der Waals surface area contributed by atoms with E-state index in [0.717, 1.165) is 11.6 Å². The summed E-state index contributed by atoms with van der Waals surface area (Å²) in [6.45, 7) is 0.210. The SMILES string of the molecule is COc1cc(CNc2ccc(C(=O)O)c(F)c2F)ccn1. The molecule has 0 unspecified atom stereocenters. The van der Waals surface area contributed by atoms with Crippen LogP contribution in [0.15, 0.2) is 30.5 Å². The van der Waals surface area contributed by atoms with Crippen molar-refractivity contribution in [3.8, 4) is 5.88 Å². The molecule has 0 spiro atoms. The number of methoxy groups -OCH3 is 1. The minimum atomic E-state index is -1.52. The van der Waals surface area contributed by atoms with Crippen LogP contribution in [-0.2, 0) is 6.54 Å². The van der Waals surface area contributed by atoms with Crippen LogP contribution < -0.4 is 10.1 Å². The number of rotatable bonds is 5. The van der Waals surface area contributed by atoms with Gasteiger partial charge in [-0.1, -0.05) is 0 Å². The van der Waals surface area contributed by atoms with E-state index in [2.05, 4.69) is 10.3 Å². The highest BCUT2D eigenvalue weighted by molar-refractivity contribution is 5.88. The van der Waals surface area contributed by atoms with Gasteiger partial charge < -0.3 is 15.2 Å². The van der Waals surface area contributed by atoms with Gasteiger partial charge in [0.25, 0.3) is 0 Å². The zero-order valence-electron chi connectivity index (χ0n) is 11.1. The van der Waals surface area contributed by atoms with Gasteiger partial charge in [-0.05, 0) is 23.8 Å². The number of nitrogens with zero attached hydrogens (tertiary/aromatic N) is 1. The second kappa shape index (κ2) is 6.17. The van der Waals surface area contributed by atoms with E-state index >= 15 is 0 Å². The third kappa shape index (κ3) is 3.25. The van der Waals surface area contributed by atoms with Crippen molar-refractivity contribution in [2.75, 3.05) is 12.4 Å². The molecule has 0 fully saturated rings. The molecule has 7 heteroatoms. The molecule has 0 radical (unpaired) electrons. The molecule has 0 saturated carbocycles. The third-order valence-corrected chi connectivity index (χ3v) is 2.80. The maximum absolute atomic E-state index is 13.7. The lowest BCUT2D eigenvalue weighted by atomic mass is 10.1. The summed E-state index contributed by atoms with van der Waals surface area (Å²) in [5.41, 5.74) is -0.0686. The number of benzene rings is 1. The summed E-state index contributed by atoms with van der Waals surface area (Å²) >= 11 is 0. The Balaban J connectivity index is 2.17. The van der Waals surface area contributed by atoms with Gasteiger partial charge in [-0.2, -0.15) is 0 Å². The molecule has 21 heavy (non-hydrogen) atoms. The van der Waals surface area contributed by atoms with Gasteiger partial charge in [-0.25, -0.2) is 18.6 Å². The summed E-state index contributed by atoms with van der Waals surface area (Å²) < 4.78 is 32.2. The van der Waals surface area contributed by atoms with Gasteiger partial charge in [0.2, 0.25) is 5.88 Å². The number of hydrogen-bond donors (Lipinski definition) is 2. The summed E-state index contributed by atoms with van der Waals surface area (Å²) in [6, 6.07) is 5.53. The molecule has 1 aromatic carbocycles. The number of ether oxygens (including phenoxy) is 1. The number of anilines is 1. The quantitative estimate of drug-likeness (QED) is 0.887. The van der Waals surface area contributed by atoms with Gasteiger partial charge in [0.05, 0.1) is 18.4 Å². The molecule has 0 amide bonds. The molecule has 0 aliphatic heterocycles. The van der Waals surface area contributed by atoms with Crippen molar-refractivity contribution in [1.29, 1.82) is 0 Å². The zero-order chi connectivity index (χ0) is 15.4. The molecule has 0 atom stereocenters. The van der Waals surface area contributed by atoms with Crippen molar-refractivity contribution in [3.63, 3.8) is 0 Å². The van der Waals surface area contributed by atoms with Crippen molar-refractivity contribution in [3.05, 3.63) is 53.2 Å². The van der Waals surface area contributed by atoms with E-state index in [9.17, 15) is 13.6 Å². The number of carbonyl (C=O) groups is 1. The normalized spacial score (nSPS) is 10.2. The fourth-order valence-electron chi connectivity index (χ4n) is 1.72. The predicted molar refractivity (Wildman–Crippen MR) is 71.4 cm³/mol. The zero-order valence-corrected chi connectivity index (χ0v) is 11.1. The molecule has 5 nitrogen and oxygen atoms in total. The lowest BCUT2D eigenvalue weighted by Gasteiger charge is -2.10. The molecular formula is C14H12F2N2O3. The molecule has 0 bridgehead atoms. The van der Waals surface area contributed by atoms with Gasteiger partial charge in [-0.3, -0.25) is 0 Å². The van der Waals surface area contributed by atoms with Gasteiger partial charge >= 0.3 is 5.97 Å². The summed E-state index contributed by atoms with van der Waals surface area (Å²) in [5.74, 6) is -3.73. The fourth-order valence-corrected chi connectivity index (χ4v) is 1.72. The monoisotopic (exact) mass is 294 g/mol. The highest BCUT2D eigenvalue weighted by Crippen LogP contribution is 2.21. The number of aromatic nitrogens is 1. The molecule has 0 aliphatic rings. The first kappa shape index (κ1) is 14.7. The first-order valence-corrected chi connectivity index (χ1v) is 5.97. The number of hydrogen-bond acceptors (Lipinski definition) is 4. The van der Waals surface area contributed by atoms with E-state index in [1.165, 1.54) is 19.4 Å². The lowest BCUT2D eigenvalue weighted by molar-refractivity contribution is 0.0690. The molecule has 0 aliphatic carbocycles. The van der Waals surface area contributed by atoms with Crippen LogP contribution in [0.4, 0.5) is 14.5 Å². The number of carboxylic acid groups (broad SMARTS) is 1. The second-order valence-electron chi connectivity index (χ2n) is 4.15. The molecule has 2 aromatic rings. The van der Waals surface area contributed by atoms with Crippen molar-refractivity contribution in [2.24, 2.45) is 0 Å². The molecular weight excluding hydrogens is 282 g/mol. The van der Waals surface area contributed by atoms with Crippen molar-refractivity contribution in [2.45, 2.75) is 6.54 Å². The van der Waals surface area contributed by atoms with Crippen LogP contribution in [-0.4, -0.2) is 23.2 Å². The number of nitrogens with one attached hydrogen (secondary N) is 1. The standard InChI is InChI=1S/C14H12F2N2O3/c1-21-11-6-8(4-5-17-11)7-18-10-3-2-9(14(19)20)12(15)13(10)16/h2-6,18H,7H2,1H3,(H,19,20). The van der Waals surface area contributed by atoms with Crippen LogP contribution in [0, 0.1) is 11.6 Å². The first-order chi connectivity index (χ1) is 10.0. The maximum Gasteiger partial charge on any atom is 0.338 e. The first-order valence-electron chi connectivity index (χ1n) is 5.97. The van der Waals surface area contributed by atoms with Crippen LogP contribution >= 0.6 is 0 Å². The molecule has 0 saturated heterocycles. The number of carboxylic acids is 1. The van der Waals surface area contributed by atoms with E-state index in [1.54, 1.807) is 12.1 Å². The Bertz CT molecular complexity index is 677. The Morgan fingerprint density at radius 2 is 2.10 bits per heavy atom. The maximum atomic E-state index is 13.7. The fraction of sp³-hybridized carbons (Fsp3) is 0.143. The predicted octanol–water partition coefficient (Wildman–Crippen LogP) is 2.68. The summed E-state index contributed by atoms with van der Waals surface area (Å²) in [6.07, 6.45) is 1.53. The van der Waals surface area contributed by atoms with Crippen molar-refractivity contribution < 1.29 is 23.4 Å². The molecule has 1 aromatic heterocycles. The Labute approximate surface area is 119 Å².